The second kappa shape index (κ2) is 5.69. The normalized spacial score (nSPS) is 11.9. The Balaban J connectivity index is 2.46. The van der Waals surface area contributed by atoms with E-state index in [0.717, 1.165) is 41.2 Å². The highest BCUT2D eigenvalue weighted by Gasteiger charge is 2.13. The second-order valence-corrected chi connectivity index (χ2v) is 4.15. The zero-order valence-corrected chi connectivity index (χ0v) is 11.7. The molecule has 0 aliphatic rings. The average molecular weight is 261 g/mol. The van der Waals surface area contributed by atoms with Gasteiger partial charge in [-0.05, 0) is 20.3 Å². The van der Waals surface area contributed by atoms with Crippen LogP contribution in [0, 0.1) is 0 Å². The van der Waals surface area contributed by atoms with Gasteiger partial charge in [-0.15, -0.1) is 5.10 Å². The summed E-state index contributed by atoms with van der Waals surface area (Å²) in [5.41, 5.74) is 1.87. The van der Waals surface area contributed by atoms with Crippen LogP contribution >= 0.6 is 0 Å². The number of fused-ring (bicyclic) bond motifs is 1. The van der Waals surface area contributed by atoms with Crippen LogP contribution in [0.4, 0.5) is 5.82 Å². The van der Waals surface area contributed by atoms with Gasteiger partial charge in [0.25, 0.3) is 0 Å². The molecule has 6 heteroatoms. The fourth-order valence-electron chi connectivity index (χ4n) is 2.02. The van der Waals surface area contributed by atoms with Gasteiger partial charge < -0.3 is 10.1 Å². The monoisotopic (exact) mass is 261 g/mol. The number of methoxy groups -OCH3 is 1. The first-order chi connectivity index (χ1) is 9.19. The summed E-state index contributed by atoms with van der Waals surface area (Å²) in [7, 11) is 1.61. The Kier molecular flexibility index (Phi) is 3.99. The van der Waals surface area contributed by atoms with Gasteiger partial charge in [-0.2, -0.15) is 0 Å². The minimum Gasteiger partial charge on any atom is -0.479 e. The first-order valence-electron chi connectivity index (χ1n) is 6.39. The predicted octanol–water partition coefficient (Wildman–Crippen LogP) is 2.38. The van der Waals surface area contributed by atoms with E-state index in [-0.39, 0.29) is 0 Å². The van der Waals surface area contributed by atoms with Gasteiger partial charge in [0.05, 0.1) is 29.5 Å². The molecule has 0 fully saturated rings. The van der Waals surface area contributed by atoms with Gasteiger partial charge >= 0.3 is 0 Å². The number of amidine groups is 1. The van der Waals surface area contributed by atoms with Gasteiger partial charge in [0.15, 0.2) is 0 Å². The Bertz CT molecular complexity index is 602. The quantitative estimate of drug-likeness (QED) is 0.654. The third kappa shape index (κ3) is 2.67. The lowest BCUT2D eigenvalue weighted by Gasteiger charge is -2.08. The molecule has 2 heterocycles. The van der Waals surface area contributed by atoms with Crippen molar-refractivity contribution in [3.05, 3.63) is 11.8 Å². The van der Waals surface area contributed by atoms with Crippen LogP contribution in [0.25, 0.3) is 10.9 Å². The number of anilines is 1. The zero-order valence-electron chi connectivity index (χ0n) is 11.7. The molecule has 19 heavy (non-hydrogen) atoms. The molecule has 0 radical (unpaired) electrons. The Morgan fingerprint density at radius 2 is 2.26 bits per heavy atom. The zero-order chi connectivity index (χ0) is 13.8. The van der Waals surface area contributed by atoms with Crippen LogP contribution in [0.2, 0.25) is 0 Å². The number of H-pyrrole nitrogens is 1. The van der Waals surface area contributed by atoms with E-state index in [1.165, 1.54) is 0 Å². The summed E-state index contributed by atoms with van der Waals surface area (Å²) in [6.07, 6.45) is 0.811. The molecular formula is C13H19N5O. The van der Waals surface area contributed by atoms with Crippen molar-refractivity contribution < 1.29 is 4.74 Å². The smallest absolute Gasteiger partial charge is 0.242 e. The predicted molar refractivity (Wildman–Crippen MR) is 77.1 cm³/mol. The molecule has 0 saturated carbocycles. The lowest BCUT2D eigenvalue weighted by Crippen LogP contribution is -2.10. The number of aryl methyl sites for hydroxylation is 1. The average Bonchev–Trinajstić information content (AvgIpc) is 2.81. The van der Waals surface area contributed by atoms with E-state index in [0.29, 0.717) is 5.88 Å². The van der Waals surface area contributed by atoms with E-state index in [2.05, 4.69) is 32.4 Å². The molecule has 0 unspecified atom stereocenters. The number of hydrogen-bond donors (Lipinski definition) is 2. The summed E-state index contributed by atoms with van der Waals surface area (Å²) in [4.78, 5) is 8.88. The molecule has 2 rings (SSSR count). The van der Waals surface area contributed by atoms with Crippen LogP contribution in [0.1, 0.15) is 26.5 Å². The third-order valence-corrected chi connectivity index (χ3v) is 2.82. The van der Waals surface area contributed by atoms with Crippen molar-refractivity contribution >= 4 is 22.6 Å². The Morgan fingerprint density at radius 1 is 1.47 bits per heavy atom. The Morgan fingerprint density at radius 3 is 2.89 bits per heavy atom. The maximum Gasteiger partial charge on any atom is 0.242 e. The molecule has 0 aromatic carbocycles. The molecule has 0 aliphatic carbocycles. The minimum absolute atomic E-state index is 0.588. The number of pyridine rings is 1. The van der Waals surface area contributed by atoms with Crippen molar-refractivity contribution in [3.63, 3.8) is 0 Å². The lowest BCUT2D eigenvalue weighted by molar-refractivity contribution is 0.401. The maximum atomic E-state index is 5.24. The van der Waals surface area contributed by atoms with Gasteiger partial charge in [0.1, 0.15) is 5.82 Å². The summed E-state index contributed by atoms with van der Waals surface area (Å²) >= 11 is 0. The number of hydrogen-bond acceptors (Lipinski definition) is 4. The van der Waals surface area contributed by atoms with Crippen LogP contribution < -0.4 is 10.1 Å². The highest BCUT2D eigenvalue weighted by atomic mass is 16.5. The Hall–Kier alpha value is -2.11. The fraction of sp³-hybridized carbons (Fsp3) is 0.462. The van der Waals surface area contributed by atoms with E-state index in [1.54, 1.807) is 7.11 Å². The Labute approximate surface area is 112 Å². The van der Waals surface area contributed by atoms with Crippen molar-refractivity contribution in [2.45, 2.75) is 27.2 Å². The van der Waals surface area contributed by atoms with Crippen LogP contribution in [0.3, 0.4) is 0 Å². The van der Waals surface area contributed by atoms with Crippen molar-refractivity contribution in [3.8, 4) is 5.88 Å². The van der Waals surface area contributed by atoms with Crippen molar-refractivity contribution in [1.29, 1.82) is 0 Å². The largest absolute Gasteiger partial charge is 0.479 e. The number of rotatable bonds is 4. The molecule has 102 valence electrons. The molecule has 0 bridgehead atoms. The second-order valence-electron chi connectivity index (χ2n) is 4.15. The van der Waals surface area contributed by atoms with E-state index in [4.69, 9.17) is 4.74 Å². The summed E-state index contributed by atoms with van der Waals surface area (Å²) in [5, 5.41) is 11.2. The molecule has 2 aromatic rings. The standard InChI is InChI=1S/C13H19N5O/c1-5-9-12-10(17-18-13(12)19-4)7-11(16-9)15-8(3)14-6-2/h7H,5-6H2,1-4H3,(H,17,18)(H,14,15,16). The van der Waals surface area contributed by atoms with Crippen molar-refractivity contribution in [2.75, 3.05) is 19.0 Å². The summed E-state index contributed by atoms with van der Waals surface area (Å²) in [6.45, 7) is 6.73. The molecule has 0 aliphatic heterocycles. The highest BCUT2D eigenvalue weighted by molar-refractivity contribution is 5.95. The first-order valence-corrected chi connectivity index (χ1v) is 6.39. The van der Waals surface area contributed by atoms with E-state index in [9.17, 15) is 0 Å². The maximum absolute atomic E-state index is 5.24. The van der Waals surface area contributed by atoms with Crippen LogP contribution in [-0.4, -0.2) is 34.7 Å². The number of aliphatic imine (C=N–C) groups is 1. The SMILES string of the molecule is CCN=C(C)Nc1cc2[nH]nc(OC)c2c(CC)n1. The van der Waals surface area contributed by atoms with Gasteiger partial charge in [0.2, 0.25) is 5.88 Å². The topological polar surface area (TPSA) is 75.2 Å². The molecule has 2 aromatic heterocycles. The van der Waals surface area contributed by atoms with Gasteiger partial charge in [-0.1, -0.05) is 6.92 Å². The molecule has 0 amide bonds. The van der Waals surface area contributed by atoms with Crippen LogP contribution in [-0.2, 0) is 6.42 Å². The molecule has 6 nitrogen and oxygen atoms in total. The highest BCUT2D eigenvalue weighted by Crippen LogP contribution is 2.27. The van der Waals surface area contributed by atoms with Crippen LogP contribution in [0.5, 0.6) is 5.88 Å². The number of nitrogens with one attached hydrogen (secondary N) is 2. The first kappa shape index (κ1) is 13.3. The van der Waals surface area contributed by atoms with E-state index < -0.39 is 0 Å². The number of nitrogens with zero attached hydrogens (tertiary/aromatic N) is 3. The van der Waals surface area contributed by atoms with E-state index >= 15 is 0 Å². The molecular weight excluding hydrogens is 242 g/mol. The summed E-state index contributed by atoms with van der Waals surface area (Å²) < 4.78 is 5.24. The van der Waals surface area contributed by atoms with Crippen molar-refractivity contribution in [2.24, 2.45) is 4.99 Å². The van der Waals surface area contributed by atoms with Gasteiger partial charge in [-0.3, -0.25) is 10.1 Å². The summed E-state index contributed by atoms with van der Waals surface area (Å²) in [5.74, 6) is 2.21. The molecule has 0 atom stereocenters. The number of ether oxygens (including phenoxy) is 1. The third-order valence-electron chi connectivity index (χ3n) is 2.82. The number of aromatic amines is 1. The van der Waals surface area contributed by atoms with Crippen molar-refractivity contribution in [1.82, 2.24) is 15.2 Å². The van der Waals surface area contributed by atoms with Crippen LogP contribution in [0.15, 0.2) is 11.1 Å². The molecule has 0 spiro atoms. The van der Waals surface area contributed by atoms with E-state index in [1.807, 2.05) is 19.9 Å². The van der Waals surface area contributed by atoms with Gasteiger partial charge in [0, 0.05) is 12.6 Å². The molecule has 0 saturated heterocycles. The minimum atomic E-state index is 0.588. The molecule has 2 N–H and O–H groups in total. The fourth-order valence-corrected chi connectivity index (χ4v) is 2.02. The van der Waals surface area contributed by atoms with Gasteiger partial charge in [-0.25, -0.2) is 4.98 Å². The lowest BCUT2D eigenvalue weighted by atomic mass is 10.2. The summed E-state index contributed by atoms with van der Waals surface area (Å²) in [6, 6.07) is 1.92. The number of aromatic nitrogens is 3.